The summed E-state index contributed by atoms with van der Waals surface area (Å²) in [6.07, 6.45) is 1.03. The molecule has 1 aliphatic heterocycles. The van der Waals surface area contributed by atoms with E-state index in [2.05, 4.69) is 12.2 Å². The molecule has 1 saturated heterocycles. The second kappa shape index (κ2) is 8.23. The van der Waals surface area contributed by atoms with Crippen LogP contribution < -0.4 is 14.8 Å². The number of amides is 1. The molecule has 0 saturated carbocycles. The first-order chi connectivity index (χ1) is 12.7. The molecule has 0 aromatic heterocycles. The fraction of sp³-hybridized carbons (Fsp3) is 0.381. The Morgan fingerprint density at radius 3 is 2.62 bits per heavy atom. The Morgan fingerprint density at radius 2 is 1.92 bits per heavy atom. The Kier molecular flexibility index (Phi) is 5.78. The largest absolute Gasteiger partial charge is 0.493 e. The van der Waals surface area contributed by atoms with Crippen LogP contribution in [0.25, 0.3) is 0 Å². The van der Waals surface area contributed by atoms with Crippen LogP contribution in [0.5, 0.6) is 11.5 Å². The van der Waals surface area contributed by atoms with E-state index < -0.39 is 0 Å². The van der Waals surface area contributed by atoms with Gasteiger partial charge in [0.15, 0.2) is 0 Å². The number of hydrogen-bond acceptors (Lipinski definition) is 4. The predicted molar refractivity (Wildman–Crippen MR) is 101 cm³/mol. The smallest absolute Gasteiger partial charge is 0.259 e. The molecular weight excluding hydrogens is 330 g/mol. The first kappa shape index (κ1) is 18.3. The fourth-order valence-electron chi connectivity index (χ4n) is 2.81. The molecule has 0 bridgehead atoms. The highest BCUT2D eigenvalue weighted by Gasteiger charge is 2.37. The van der Waals surface area contributed by atoms with E-state index in [0.29, 0.717) is 30.2 Å². The summed E-state index contributed by atoms with van der Waals surface area (Å²) >= 11 is 0. The number of ether oxygens (including phenoxy) is 3. The minimum absolute atomic E-state index is 0.121. The van der Waals surface area contributed by atoms with Crippen LogP contribution in [0.4, 0.5) is 5.69 Å². The van der Waals surface area contributed by atoms with Gasteiger partial charge in [0.25, 0.3) is 5.91 Å². The summed E-state index contributed by atoms with van der Waals surface area (Å²) in [6.45, 7) is 6.66. The average Bonchev–Trinajstić information content (AvgIpc) is 2.62. The molecule has 1 N–H and O–H groups in total. The molecule has 138 valence electrons. The summed E-state index contributed by atoms with van der Waals surface area (Å²) in [5.74, 6) is 1.11. The third-order valence-electron chi connectivity index (χ3n) is 4.63. The van der Waals surface area contributed by atoms with Crippen LogP contribution >= 0.6 is 0 Å². The molecule has 26 heavy (non-hydrogen) atoms. The van der Waals surface area contributed by atoms with E-state index >= 15 is 0 Å². The first-order valence-corrected chi connectivity index (χ1v) is 8.99. The minimum Gasteiger partial charge on any atom is -0.493 e. The van der Waals surface area contributed by atoms with Gasteiger partial charge in [0.1, 0.15) is 11.5 Å². The molecule has 3 rings (SSSR count). The predicted octanol–water partition coefficient (Wildman–Crippen LogP) is 4.14. The average molecular weight is 355 g/mol. The van der Waals surface area contributed by atoms with Crippen molar-refractivity contribution in [2.45, 2.75) is 20.3 Å². The lowest BCUT2D eigenvalue weighted by Gasteiger charge is -2.40. The lowest BCUT2D eigenvalue weighted by Crippen LogP contribution is -2.46. The number of para-hydroxylation sites is 1. The summed E-state index contributed by atoms with van der Waals surface area (Å²) in [7, 11) is 0. The lowest BCUT2D eigenvalue weighted by molar-refractivity contribution is -0.133. The lowest BCUT2D eigenvalue weighted by atomic mass is 9.84. The Hall–Kier alpha value is -2.53. The molecule has 1 amide bonds. The first-order valence-electron chi connectivity index (χ1n) is 8.99. The zero-order valence-corrected chi connectivity index (χ0v) is 15.3. The van der Waals surface area contributed by atoms with E-state index in [0.717, 1.165) is 25.4 Å². The second-order valence-electron chi connectivity index (χ2n) is 6.55. The molecular formula is C21H25NO4. The van der Waals surface area contributed by atoms with E-state index in [1.165, 1.54) is 0 Å². The zero-order chi connectivity index (χ0) is 18.4. The van der Waals surface area contributed by atoms with Crippen molar-refractivity contribution < 1.29 is 19.0 Å². The standard InChI is InChI=1S/C21H25NO4/c1-3-21(13-24-14-21)15-26-17-9-7-8-16(12-17)22-20(23)18-10-5-6-11-19(18)25-4-2/h5-12H,3-4,13-15H2,1-2H3,(H,22,23). The molecule has 0 atom stereocenters. The normalized spacial score (nSPS) is 15.0. The molecule has 0 unspecified atom stereocenters. The van der Waals surface area contributed by atoms with Gasteiger partial charge in [0, 0.05) is 11.8 Å². The zero-order valence-electron chi connectivity index (χ0n) is 15.3. The van der Waals surface area contributed by atoms with E-state index in [9.17, 15) is 4.79 Å². The number of benzene rings is 2. The Balaban J connectivity index is 1.66. The number of carbonyl (C=O) groups is 1. The van der Waals surface area contributed by atoms with Crippen molar-refractivity contribution in [1.82, 2.24) is 0 Å². The van der Waals surface area contributed by atoms with Gasteiger partial charge in [-0.25, -0.2) is 0 Å². The molecule has 1 aliphatic rings. The number of rotatable bonds is 8. The SMILES string of the molecule is CCOc1ccccc1C(=O)Nc1cccc(OCC2(CC)COC2)c1. The van der Waals surface area contributed by atoms with Crippen molar-refractivity contribution in [3.63, 3.8) is 0 Å². The van der Waals surface area contributed by atoms with E-state index in [-0.39, 0.29) is 11.3 Å². The van der Waals surface area contributed by atoms with Crippen LogP contribution in [0, 0.1) is 5.41 Å². The summed E-state index contributed by atoms with van der Waals surface area (Å²) in [6, 6.07) is 14.7. The van der Waals surface area contributed by atoms with Crippen molar-refractivity contribution in [2.24, 2.45) is 5.41 Å². The fourth-order valence-corrected chi connectivity index (χ4v) is 2.81. The van der Waals surface area contributed by atoms with E-state index in [4.69, 9.17) is 14.2 Å². The summed E-state index contributed by atoms with van der Waals surface area (Å²) < 4.78 is 16.8. The molecule has 1 fully saturated rings. The van der Waals surface area contributed by atoms with Crippen LogP contribution in [-0.4, -0.2) is 32.3 Å². The van der Waals surface area contributed by atoms with Crippen LogP contribution in [-0.2, 0) is 4.74 Å². The molecule has 0 radical (unpaired) electrons. The molecule has 2 aromatic carbocycles. The van der Waals surface area contributed by atoms with Gasteiger partial charge in [-0.05, 0) is 37.6 Å². The topological polar surface area (TPSA) is 56.8 Å². The van der Waals surface area contributed by atoms with Gasteiger partial charge in [0.2, 0.25) is 0 Å². The Labute approximate surface area is 154 Å². The maximum Gasteiger partial charge on any atom is 0.259 e. The van der Waals surface area contributed by atoms with Gasteiger partial charge in [0.05, 0.1) is 37.4 Å². The van der Waals surface area contributed by atoms with Crippen LogP contribution in [0.2, 0.25) is 0 Å². The maximum atomic E-state index is 12.6. The molecule has 0 aliphatic carbocycles. The quantitative estimate of drug-likeness (QED) is 0.773. The highest BCUT2D eigenvalue weighted by molar-refractivity contribution is 6.06. The minimum atomic E-state index is -0.205. The van der Waals surface area contributed by atoms with Gasteiger partial charge in [-0.1, -0.05) is 25.1 Å². The maximum absolute atomic E-state index is 12.6. The summed E-state index contributed by atoms with van der Waals surface area (Å²) in [5.41, 5.74) is 1.32. The van der Waals surface area contributed by atoms with Gasteiger partial charge < -0.3 is 19.5 Å². The molecule has 5 nitrogen and oxygen atoms in total. The van der Waals surface area contributed by atoms with Crippen molar-refractivity contribution in [1.29, 1.82) is 0 Å². The number of hydrogen-bond donors (Lipinski definition) is 1. The molecule has 5 heteroatoms. The number of nitrogens with one attached hydrogen (secondary N) is 1. The van der Waals surface area contributed by atoms with Crippen molar-refractivity contribution >= 4 is 11.6 Å². The molecule has 0 spiro atoms. The van der Waals surface area contributed by atoms with Gasteiger partial charge in [-0.3, -0.25) is 4.79 Å². The number of carbonyl (C=O) groups excluding carboxylic acids is 1. The van der Waals surface area contributed by atoms with E-state index in [1.54, 1.807) is 12.1 Å². The van der Waals surface area contributed by atoms with Crippen molar-refractivity contribution in [3.05, 3.63) is 54.1 Å². The molecule has 1 heterocycles. The highest BCUT2D eigenvalue weighted by Crippen LogP contribution is 2.32. The van der Waals surface area contributed by atoms with Crippen LogP contribution in [0.1, 0.15) is 30.6 Å². The van der Waals surface area contributed by atoms with Gasteiger partial charge in [-0.2, -0.15) is 0 Å². The summed E-state index contributed by atoms with van der Waals surface area (Å²) in [4.78, 5) is 12.6. The second-order valence-corrected chi connectivity index (χ2v) is 6.55. The molecule has 2 aromatic rings. The summed E-state index contributed by atoms with van der Waals surface area (Å²) in [5, 5.41) is 2.91. The van der Waals surface area contributed by atoms with Gasteiger partial charge >= 0.3 is 0 Å². The highest BCUT2D eigenvalue weighted by atomic mass is 16.5. The number of anilines is 1. The van der Waals surface area contributed by atoms with Crippen LogP contribution in [0.3, 0.4) is 0 Å². The van der Waals surface area contributed by atoms with Crippen LogP contribution in [0.15, 0.2) is 48.5 Å². The Bertz CT molecular complexity index is 750. The van der Waals surface area contributed by atoms with E-state index in [1.807, 2.05) is 43.3 Å². The Morgan fingerprint density at radius 1 is 1.12 bits per heavy atom. The monoisotopic (exact) mass is 355 g/mol. The van der Waals surface area contributed by atoms with Crippen molar-refractivity contribution in [3.8, 4) is 11.5 Å². The van der Waals surface area contributed by atoms with Gasteiger partial charge in [-0.15, -0.1) is 0 Å². The third kappa shape index (κ3) is 4.17. The van der Waals surface area contributed by atoms with Crippen molar-refractivity contribution in [2.75, 3.05) is 31.7 Å². The third-order valence-corrected chi connectivity index (χ3v) is 4.63.